The van der Waals surface area contributed by atoms with Crippen LogP contribution in [0.3, 0.4) is 0 Å². The van der Waals surface area contributed by atoms with E-state index in [2.05, 4.69) is 72.5 Å². The first-order chi connectivity index (χ1) is 14.3. The Bertz CT molecular complexity index is 1090. The molecular formula is C21H24N8. The smallest absolute Gasteiger partial charge is 0.179 e. The number of aromatic nitrogens is 6. The number of aromatic amines is 1. The summed E-state index contributed by atoms with van der Waals surface area (Å²) in [5, 5.41) is 20.4. The van der Waals surface area contributed by atoms with Gasteiger partial charge in [-0.15, -0.1) is 10.2 Å². The molecule has 1 saturated heterocycles. The van der Waals surface area contributed by atoms with E-state index in [0.29, 0.717) is 0 Å². The lowest BCUT2D eigenvalue weighted by Gasteiger charge is -2.35. The van der Waals surface area contributed by atoms with Crippen LogP contribution in [0.1, 0.15) is 18.3 Å². The van der Waals surface area contributed by atoms with Crippen molar-refractivity contribution in [1.29, 1.82) is 0 Å². The summed E-state index contributed by atoms with van der Waals surface area (Å²) < 4.78 is 1.82. The van der Waals surface area contributed by atoms with Crippen molar-refractivity contribution in [3.05, 3.63) is 60.2 Å². The Labute approximate surface area is 169 Å². The van der Waals surface area contributed by atoms with E-state index in [9.17, 15) is 0 Å². The zero-order valence-corrected chi connectivity index (χ0v) is 16.5. The molecule has 1 fully saturated rings. The molecule has 4 aromatic rings. The largest absolute Gasteiger partial charge is 0.368 e. The number of aryl methyl sites for hydroxylation is 1. The minimum atomic E-state index is 0.813. The SMILES string of the molecule is CCc1nnc2cc(N3CCN(Cc4cn[nH]c4-c4ccccc4)CC3)cnn12. The highest BCUT2D eigenvalue weighted by molar-refractivity contribution is 5.62. The van der Waals surface area contributed by atoms with Crippen LogP contribution >= 0.6 is 0 Å². The van der Waals surface area contributed by atoms with Crippen molar-refractivity contribution in [2.45, 2.75) is 19.9 Å². The minimum absolute atomic E-state index is 0.813. The second kappa shape index (κ2) is 7.63. The third kappa shape index (κ3) is 3.47. The van der Waals surface area contributed by atoms with Gasteiger partial charge in [0.15, 0.2) is 11.5 Å². The Morgan fingerprint density at radius 3 is 2.62 bits per heavy atom. The number of anilines is 1. The topological polar surface area (TPSA) is 78.2 Å². The van der Waals surface area contributed by atoms with Crippen molar-refractivity contribution in [1.82, 2.24) is 34.9 Å². The van der Waals surface area contributed by atoms with Gasteiger partial charge in [-0.05, 0) is 5.56 Å². The van der Waals surface area contributed by atoms with Gasteiger partial charge in [0.25, 0.3) is 0 Å². The average molecular weight is 388 g/mol. The molecule has 1 N–H and O–H groups in total. The number of H-pyrrole nitrogens is 1. The number of benzene rings is 1. The summed E-state index contributed by atoms with van der Waals surface area (Å²) in [5.74, 6) is 0.894. The van der Waals surface area contributed by atoms with Gasteiger partial charge in [0, 0.05) is 50.8 Å². The molecule has 0 amide bonds. The predicted octanol–water partition coefficient (Wildman–Crippen LogP) is 2.40. The van der Waals surface area contributed by atoms with E-state index in [4.69, 9.17) is 0 Å². The normalized spacial score (nSPS) is 15.3. The summed E-state index contributed by atoms with van der Waals surface area (Å²) in [4.78, 5) is 4.85. The van der Waals surface area contributed by atoms with Crippen molar-refractivity contribution in [2.24, 2.45) is 0 Å². The molecule has 0 spiro atoms. The molecule has 8 nitrogen and oxygen atoms in total. The molecule has 1 aliphatic heterocycles. The molecule has 0 bridgehead atoms. The van der Waals surface area contributed by atoms with Gasteiger partial charge >= 0.3 is 0 Å². The Morgan fingerprint density at radius 1 is 1.00 bits per heavy atom. The molecule has 3 aromatic heterocycles. The van der Waals surface area contributed by atoms with Gasteiger partial charge < -0.3 is 4.90 Å². The summed E-state index contributed by atoms with van der Waals surface area (Å²) >= 11 is 0. The quantitative estimate of drug-likeness (QED) is 0.566. The van der Waals surface area contributed by atoms with Crippen LogP contribution in [0.4, 0.5) is 5.69 Å². The molecule has 0 unspecified atom stereocenters. The maximum absolute atomic E-state index is 4.54. The van der Waals surface area contributed by atoms with Crippen molar-refractivity contribution in [3.8, 4) is 11.3 Å². The molecule has 0 atom stereocenters. The summed E-state index contributed by atoms with van der Waals surface area (Å²) in [6, 6.07) is 12.5. The van der Waals surface area contributed by atoms with Crippen LogP contribution in [0.25, 0.3) is 16.9 Å². The maximum Gasteiger partial charge on any atom is 0.179 e. The Kier molecular flexibility index (Phi) is 4.69. The van der Waals surface area contributed by atoms with E-state index >= 15 is 0 Å². The maximum atomic E-state index is 4.54. The fourth-order valence-electron chi connectivity index (χ4n) is 3.91. The third-order valence-corrected chi connectivity index (χ3v) is 5.54. The first-order valence-electron chi connectivity index (χ1n) is 10.1. The molecule has 29 heavy (non-hydrogen) atoms. The van der Waals surface area contributed by atoms with E-state index < -0.39 is 0 Å². The summed E-state index contributed by atoms with van der Waals surface area (Å²) in [6.45, 7) is 6.88. The van der Waals surface area contributed by atoms with Crippen molar-refractivity contribution < 1.29 is 0 Å². The zero-order valence-electron chi connectivity index (χ0n) is 16.5. The van der Waals surface area contributed by atoms with Gasteiger partial charge in [0.2, 0.25) is 0 Å². The first-order valence-corrected chi connectivity index (χ1v) is 10.1. The summed E-state index contributed by atoms with van der Waals surface area (Å²) in [5.41, 5.74) is 5.45. The van der Waals surface area contributed by atoms with Crippen molar-refractivity contribution in [3.63, 3.8) is 0 Å². The van der Waals surface area contributed by atoms with Gasteiger partial charge in [0.1, 0.15) is 0 Å². The molecule has 148 valence electrons. The average Bonchev–Trinajstić information content (AvgIpc) is 3.41. The minimum Gasteiger partial charge on any atom is -0.368 e. The van der Waals surface area contributed by atoms with E-state index in [0.717, 1.165) is 62.0 Å². The first kappa shape index (κ1) is 17.8. The lowest BCUT2D eigenvalue weighted by Crippen LogP contribution is -2.46. The number of hydrogen-bond acceptors (Lipinski definition) is 6. The number of rotatable bonds is 5. The third-order valence-electron chi connectivity index (χ3n) is 5.54. The summed E-state index contributed by atoms with van der Waals surface area (Å²) in [6.07, 6.45) is 4.70. The van der Waals surface area contributed by atoms with Crippen LogP contribution in [-0.2, 0) is 13.0 Å². The highest BCUT2D eigenvalue weighted by Crippen LogP contribution is 2.23. The fourth-order valence-corrected chi connectivity index (χ4v) is 3.91. The van der Waals surface area contributed by atoms with E-state index in [1.54, 1.807) is 0 Å². The highest BCUT2D eigenvalue weighted by Gasteiger charge is 2.20. The zero-order chi connectivity index (χ0) is 19.6. The number of nitrogens with zero attached hydrogens (tertiary/aromatic N) is 7. The molecule has 0 saturated carbocycles. The number of nitrogens with one attached hydrogen (secondary N) is 1. The fraction of sp³-hybridized carbons (Fsp3) is 0.333. The molecule has 1 aliphatic rings. The van der Waals surface area contributed by atoms with E-state index in [1.807, 2.05) is 23.0 Å². The van der Waals surface area contributed by atoms with Crippen molar-refractivity contribution in [2.75, 3.05) is 31.1 Å². The summed E-state index contributed by atoms with van der Waals surface area (Å²) in [7, 11) is 0. The van der Waals surface area contributed by atoms with Crippen LogP contribution in [0.15, 0.2) is 48.8 Å². The van der Waals surface area contributed by atoms with Gasteiger partial charge in [-0.25, -0.2) is 0 Å². The highest BCUT2D eigenvalue weighted by atomic mass is 15.4. The standard InChI is InChI=1S/C21H24N8/c1-2-19-24-25-20-12-18(14-23-29(19)20)28-10-8-27(9-11-28)15-17-13-22-26-21(17)16-6-4-3-5-7-16/h3-7,12-14H,2,8-11,15H2,1H3,(H,22,26). The predicted molar refractivity (Wildman–Crippen MR) is 112 cm³/mol. The van der Waals surface area contributed by atoms with E-state index in [1.165, 1.54) is 11.1 Å². The van der Waals surface area contributed by atoms with Gasteiger partial charge in [-0.1, -0.05) is 37.3 Å². The van der Waals surface area contributed by atoms with Crippen LogP contribution in [0.2, 0.25) is 0 Å². The van der Waals surface area contributed by atoms with Gasteiger partial charge in [0.05, 0.1) is 23.8 Å². The molecule has 0 radical (unpaired) electrons. The number of piperazine rings is 1. The molecule has 4 heterocycles. The second-order valence-corrected chi connectivity index (χ2v) is 7.35. The second-order valence-electron chi connectivity index (χ2n) is 7.35. The monoisotopic (exact) mass is 388 g/mol. The van der Waals surface area contributed by atoms with Gasteiger partial charge in [-0.3, -0.25) is 10.00 Å². The molecule has 8 heteroatoms. The van der Waals surface area contributed by atoms with Crippen molar-refractivity contribution >= 4 is 11.3 Å². The van der Waals surface area contributed by atoms with Crippen LogP contribution in [0.5, 0.6) is 0 Å². The molecule has 0 aliphatic carbocycles. The number of hydrogen-bond donors (Lipinski definition) is 1. The van der Waals surface area contributed by atoms with Crippen LogP contribution in [-0.4, -0.2) is 61.1 Å². The van der Waals surface area contributed by atoms with Crippen LogP contribution < -0.4 is 4.90 Å². The molecular weight excluding hydrogens is 364 g/mol. The Hall–Kier alpha value is -3.26. The van der Waals surface area contributed by atoms with E-state index in [-0.39, 0.29) is 0 Å². The number of fused-ring (bicyclic) bond motifs is 1. The lowest BCUT2D eigenvalue weighted by molar-refractivity contribution is 0.250. The molecule has 5 rings (SSSR count). The van der Waals surface area contributed by atoms with Gasteiger partial charge in [-0.2, -0.15) is 14.7 Å². The van der Waals surface area contributed by atoms with Crippen LogP contribution in [0, 0.1) is 0 Å². The molecule has 1 aromatic carbocycles. The Morgan fingerprint density at radius 2 is 1.83 bits per heavy atom. The Balaban J connectivity index is 1.25. The lowest BCUT2D eigenvalue weighted by atomic mass is 10.1.